The Balaban J connectivity index is 0.000000254. The number of rotatable bonds is 14. The van der Waals surface area contributed by atoms with Crippen molar-refractivity contribution < 1.29 is 62.6 Å². The summed E-state index contributed by atoms with van der Waals surface area (Å²) in [6, 6.07) is 19.8. The van der Waals surface area contributed by atoms with Crippen molar-refractivity contribution >= 4 is 83.6 Å². The normalized spacial score (nSPS) is 12.5. The molecule has 2 heterocycles. The van der Waals surface area contributed by atoms with Crippen LogP contribution in [0, 0.1) is 13.8 Å². The zero-order valence-electron chi connectivity index (χ0n) is 35.6. The molecule has 0 fully saturated rings. The number of anilines is 2. The first kappa shape index (κ1) is 53.9. The van der Waals surface area contributed by atoms with E-state index in [4.69, 9.17) is 55.9 Å². The van der Waals surface area contributed by atoms with E-state index in [0.29, 0.717) is 27.6 Å². The molecule has 2 aromatic heterocycles. The van der Waals surface area contributed by atoms with Gasteiger partial charge < -0.3 is 14.6 Å². The van der Waals surface area contributed by atoms with Gasteiger partial charge in [0, 0.05) is 42.8 Å². The molecule has 1 atom stereocenters. The molecule has 4 aromatic carbocycles. The first-order chi connectivity index (χ1) is 31.7. The number of halogens is 10. The van der Waals surface area contributed by atoms with Gasteiger partial charge in [0.25, 0.3) is 20.0 Å². The smallest absolute Gasteiger partial charge is 0.382 e. The quantitative estimate of drug-likeness (QED) is 0.0633. The molecule has 0 amide bonds. The number of hydrogen-bond acceptors (Lipinski definition) is 10. The largest absolute Gasteiger partial charge is 0.417 e. The molecule has 12 nitrogen and oxygen atoms in total. The van der Waals surface area contributed by atoms with Gasteiger partial charge in [-0.25, -0.2) is 25.4 Å². The highest BCUT2D eigenvalue weighted by atomic mass is 35.5. The van der Waals surface area contributed by atoms with E-state index in [-0.39, 0.29) is 43.9 Å². The maximum absolute atomic E-state index is 13.5. The van der Waals surface area contributed by atoms with Crippen LogP contribution in [0.1, 0.15) is 55.7 Å². The SMILES string of the molecule is COCN(c1cc(C)cnc1C(=O)c1ccccc1Cl)S(=O)(=O)c1ccc(Cl)c(C(F)(F)F)c1.COCN(c1cc(C)cnc1C(O)c1ccccc1Cl)S(=O)(=O)c1ccc(Cl)c(C(F)(F)F)c1. The summed E-state index contributed by atoms with van der Waals surface area (Å²) in [5.41, 5.74) is -1.87. The number of aryl methyl sites for hydroxylation is 2. The van der Waals surface area contributed by atoms with Crippen molar-refractivity contribution in [1.29, 1.82) is 0 Å². The number of hydrogen-bond donors (Lipinski definition) is 1. The van der Waals surface area contributed by atoms with Crippen LogP contribution in [0.15, 0.2) is 119 Å². The number of aliphatic hydroxyl groups is 1. The van der Waals surface area contributed by atoms with Gasteiger partial charge >= 0.3 is 12.4 Å². The summed E-state index contributed by atoms with van der Waals surface area (Å²) >= 11 is 23.6. The minimum absolute atomic E-state index is 0.0717. The van der Waals surface area contributed by atoms with Gasteiger partial charge in [-0.1, -0.05) is 76.7 Å². The van der Waals surface area contributed by atoms with E-state index in [2.05, 4.69) is 9.97 Å². The number of carbonyl (C=O) groups excluding carboxylic acids is 1. The van der Waals surface area contributed by atoms with Crippen LogP contribution >= 0.6 is 46.4 Å². The molecular formula is C44H36Cl4F6N4O8S2. The number of carbonyl (C=O) groups is 1. The lowest BCUT2D eigenvalue weighted by atomic mass is 10.0. The lowest BCUT2D eigenvalue weighted by Gasteiger charge is -2.27. The van der Waals surface area contributed by atoms with Crippen molar-refractivity contribution in [1.82, 2.24) is 9.97 Å². The van der Waals surface area contributed by atoms with Crippen molar-refractivity contribution in [2.24, 2.45) is 0 Å². The molecule has 0 spiro atoms. The summed E-state index contributed by atoms with van der Waals surface area (Å²) < 4.78 is 146. The molecule has 1 unspecified atom stereocenters. The Morgan fingerprint density at radius 3 is 1.54 bits per heavy atom. The van der Waals surface area contributed by atoms with Crippen molar-refractivity contribution in [2.45, 2.75) is 42.1 Å². The molecule has 0 aliphatic rings. The summed E-state index contributed by atoms with van der Waals surface area (Å²) in [4.78, 5) is 20.2. The number of sulfonamides is 2. The highest BCUT2D eigenvalue weighted by molar-refractivity contribution is 7.93. The number of nitrogens with zero attached hydrogens (tertiary/aromatic N) is 4. The highest BCUT2D eigenvalue weighted by Gasteiger charge is 2.38. The van der Waals surface area contributed by atoms with Crippen LogP contribution in [0.3, 0.4) is 0 Å². The zero-order chi connectivity index (χ0) is 50.5. The number of ketones is 1. The van der Waals surface area contributed by atoms with Gasteiger partial charge in [0.05, 0.1) is 53.1 Å². The van der Waals surface area contributed by atoms with Crippen LogP contribution in [-0.2, 0) is 41.9 Å². The van der Waals surface area contributed by atoms with Crippen LogP contribution < -0.4 is 8.61 Å². The first-order valence-electron chi connectivity index (χ1n) is 19.2. The van der Waals surface area contributed by atoms with Crippen molar-refractivity contribution in [3.63, 3.8) is 0 Å². The number of alkyl halides is 6. The number of benzene rings is 4. The number of ether oxygens (including phenoxy) is 2. The maximum Gasteiger partial charge on any atom is 0.417 e. The minimum atomic E-state index is -4.88. The topological polar surface area (TPSA) is 156 Å². The summed E-state index contributed by atoms with van der Waals surface area (Å²) in [7, 11) is -6.85. The molecule has 0 bridgehead atoms. The van der Waals surface area contributed by atoms with Gasteiger partial charge in [0.15, 0.2) is 0 Å². The van der Waals surface area contributed by atoms with Gasteiger partial charge in [-0.15, -0.1) is 0 Å². The average molecular weight is 1070 g/mol. The Morgan fingerprint density at radius 2 is 1.07 bits per heavy atom. The Morgan fingerprint density at radius 1 is 0.632 bits per heavy atom. The van der Waals surface area contributed by atoms with Gasteiger partial charge in [-0.05, 0) is 91.7 Å². The second kappa shape index (κ2) is 21.7. The number of aliphatic hydroxyl groups excluding tert-OH is 1. The fraction of sp³-hybridized carbons (Fsp3) is 0.205. The van der Waals surface area contributed by atoms with E-state index in [0.717, 1.165) is 28.6 Å². The van der Waals surface area contributed by atoms with Crippen LogP contribution in [0.4, 0.5) is 37.7 Å². The van der Waals surface area contributed by atoms with Crippen LogP contribution in [0.25, 0.3) is 0 Å². The lowest BCUT2D eigenvalue weighted by Crippen LogP contribution is -2.34. The predicted octanol–water partition coefficient (Wildman–Crippen LogP) is 11.3. The standard InChI is InChI=1S/C22H19Cl2F3N2O4S.C22H17Cl2F3N2O4S/c2*1-13-9-19(20(28-11-13)21(30)15-5-3-4-6-17(15)23)29(12-33-2)34(31,32)14-7-8-18(24)16(10-14)22(25,26)27/h3-11,21,30H,12H2,1-2H3;3-11H,12H2,1-2H3. The molecule has 0 saturated carbocycles. The van der Waals surface area contributed by atoms with Crippen LogP contribution in [0.5, 0.6) is 0 Å². The fourth-order valence-corrected chi connectivity index (χ4v) is 10.0. The molecule has 0 radical (unpaired) electrons. The monoisotopic (exact) mass is 1070 g/mol. The van der Waals surface area contributed by atoms with Gasteiger partial charge in [0.2, 0.25) is 5.78 Å². The molecule has 362 valence electrons. The molecule has 1 N–H and O–H groups in total. The van der Waals surface area contributed by atoms with Crippen molar-refractivity contribution in [3.05, 3.63) is 174 Å². The third-order valence-electron chi connectivity index (χ3n) is 9.52. The Bertz CT molecular complexity index is 3060. The van der Waals surface area contributed by atoms with E-state index >= 15 is 0 Å². The van der Waals surface area contributed by atoms with Gasteiger partial charge in [0.1, 0.15) is 25.3 Å². The van der Waals surface area contributed by atoms with Gasteiger partial charge in [-0.2, -0.15) is 26.3 Å². The fourth-order valence-electron chi connectivity index (χ4n) is 6.30. The van der Waals surface area contributed by atoms with Crippen LogP contribution in [-0.4, -0.2) is 65.4 Å². The maximum atomic E-state index is 13.5. The highest BCUT2D eigenvalue weighted by Crippen LogP contribution is 2.40. The molecule has 24 heteroatoms. The lowest BCUT2D eigenvalue weighted by molar-refractivity contribution is -0.138. The van der Waals surface area contributed by atoms with E-state index in [1.807, 2.05) is 0 Å². The predicted molar refractivity (Wildman–Crippen MR) is 244 cm³/mol. The number of methoxy groups -OCH3 is 2. The summed E-state index contributed by atoms with van der Waals surface area (Å²) in [6.07, 6.45) is -8.42. The van der Waals surface area contributed by atoms with E-state index in [1.165, 1.54) is 50.9 Å². The molecule has 0 aliphatic carbocycles. The Hall–Kier alpha value is -5.03. The Labute approximate surface area is 406 Å². The van der Waals surface area contributed by atoms with Crippen LogP contribution in [0.2, 0.25) is 20.1 Å². The Kier molecular flexibility index (Phi) is 17.2. The third-order valence-corrected chi connectivity index (χ3v) is 14.3. The molecule has 0 saturated heterocycles. The van der Waals surface area contributed by atoms with E-state index in [9.17, 15) is 53.1 Å². The van der Waals surface area contributed by atoms with E-state index in [1.54, 1.807) is 50.2 Å². The zero-order valence-corrected chi connectivity index (χ0v) is 40.2. The minimum Gasteiger partial charge on any atom is -0.382 e. The third kappa shape index (κ3) is 12.0. The van der Waals surface area contributed by atoms with Crippen molar-refractivity contribution in [3.8, 4) is 0 Å². The summed E-state index contributed by atoms with van der Waals surface area (Å²) in [5, 5.41) is 10.1. The molecular weight excluding hydrogens is 1030 g/mol. The van der Waals surface area contributed by atoms with Crippen molar-refractivity contribution in [2.75, 3.05) is 36.3 Å². The summed E-state index contributed by atoms with van der Waals surface area (Å²) in [6.45, 7) is 2.08. The summed E-state index contributed by atoms with van der Waals surface area (Å²) in [5.74, 6) is -0.677. The second-order valence-corrected chi connectivity index (χ2v) is 19.7. The molecule has 0 aliphatic heterocycles. The molecule has 6 aromatic rings. The van der Waals surface area contributed by atoms with Gasteiger partial charge in [-0.3, -0.25) is 14.8 Å². The number of pyridine rings is 2. The second-order valence-electron chi connectivity index (χ2n) is 14.4. The molecule has 6 rings (SSSR count). The first-order valence-corrected chi connectivity index (χ1v) is 23.6. The molecule has 68 heavy (non-hydrogen) atoms. The van der Waals surface area contributed by atoms with E-state index < -0.39 is 88.7 Å². The average Bonchev–Trinajstić information content (AvgIpc) is 3.26. The number of aromatic nitrogens is 2.